The molecule has 0 saturated carbocycles. The number of carbonyl (C=O) groups excluding carboxylic acids is 1. The first-order chi connectivity index (χ1) is 7.15. The Morgan fingerprint density at radius 2 is 2.33 bits per heavy atom. The molecule has 0 aliphatic carbocycles. The van der Waals surface area contributed by atoms with E-state index in [0.717, 1.165) is 25.1 Å². The van der Waals surface area contributed by atoms with Gasteiger partial charge in [0.2, 0.25) is 0 Å². The zero-order valence-corrected chi connectivity index (χ0v) is 9.28. The molecule has 84 valence electrons. The molecular formula is C11H17NO3. The Morgan fingerprint density at radius 1 is 1.60 bits per heavy atom. The number of methoxy groups -OCH3 is 2. The van der Waals surface area contributed by atoms with E-state index in [2.05, 4.69) is 11.5 Å². The second kappa shape index (κ2) is 3.61. The van der Waals surface area contributed by atoms with Gasteiger partial charge in [0.15, 0.2) is 0 Å². The Bertz CT molecular complexity index is 302. The minimum atomic E-state index is -0.597. The molecule has 2 saturated heterocycles. The molecule has 0 radical (unpaired) electrons. The van der Waals surface area contributed by atoms with Crippen molar-refractivity contribution >= 4 is 5.97 Å². The van der Waals surface area contributed by atoms with E-state index in [0.29, 0.717) is 6.42 Å². The Morgan fingerprint density at radius 3 is 2.93 bits per heavy atom. The molecule has 2 atom stereocenters. The lowest BCUT2D eigenvalue weighted by molar-refractivity contribution is -0.157. The predicted molar refractivity (Wildman–Crippen MR) is 55.5 cm³/mol. The third kappa shape index (κ3) is 1.32. The van der Waals surface area contributed by atoms with Crippen molar-refractivity contribution in [3.8, 4) is 0 Å². The van der Waals surface area contributed by atoms with Crippen LogP contribution in [0.4, 0.5) is 0 Å². The third-order valence-electron chi connectivity index (χ3n) is 3.52. The molecule has 0 N–H and O–H groups in total. The first-order valence-corrected chi connectivity index (χ1v) is 5.18. The van der Waals surface area contributed by atoms with E-state index in [1.165, 1.54) is 7.11 Å². The van der Waals surface area contributed by atoms with E-state index in [-0.39, 0.29) is 12.1 Å². The number of rotatable bonds is 2. The number of ether oxygens (including phenoxy) is 2. The number of carbonyl (C=O) groups is 1. The van der Waals surface area contributed by atoms with Gasteiger partial charge in [-0.15, -0.1) is 0 Å². The van der Waals surface area contributed by atoms with Crippen LogP contribution in [0.2, 0.25) is 0 Å². The fourth-order valence-electron chi connectivity index (χ4n) is 2.89. The molecular weight excluding hydrogens is 194 g/mol. The molecule has 1 unspecified atom stereocenters. The van der Waals surface area contributed by atoms with Crippen LogP contribution in [0.15, 0.2) is 12.2 Å². The second-order valence-corrected chi connectivity index (χ2v) is 4.28. The van der Waals surface area contributed by atoms with Gasteiger partial charge in [0.25, 0.3) is 0 Å². The molecule has 4 nitrogen and oxygen atoms in total. The summed E-state index contributed by atoms with van der Waals surface area (Å²) in [4.78, 5) is 14.1. The molecule has 2 aliphatic heterocycles. The van der Waals surface area contributed by atoms with Crippen molar-refractivity contribution in [3.05, 3.63) is 12.2 Å². The summed E-state index contributed by atoms with van der Waals surface area (Å²) < 4.78 is 10.3. The molecule has 0 aromatic heterocycles. The summed E-state index contributed by atoms with van der Waals surface area (Å²) in [6.07, 6.45) is 1.49. The number of hydrogen-bond donors (Lipinski definition) is 0. The van der Waals surface area contributed by atoms with Crippen LogP contribution < -0.4 is 0 Å². The van der Waals surface area contributed by atoms with Crippen LogP contribution in [-0.4, -0.2) is 49.8 Å². The lowest BCUT2D eigenvalue weighted by atomic mass is 9.90. The minimum Gasteiger partial charge on any atom is -0.468 e. The van der Waals surface area contributed by atoms with E-state index >= 15 is 0 Å². The molecule has 2 heterocycles. The van der Waals surface area contributed by atoms with Crippen molar-refractivity contribution in [3.63, 3.8) is 0 Å². The van der Waals surface area contributed by atoms with Gasteiger partial charge in [0.05, 0.1) is 13.2 Å². The summed E-state index contributed by atoms with van der Waals surface area (Å²) in [7, 11) is 3.08. The zero-order valence-electron chi connectivity index (χ0n) is 9.28. The van der Waals surface area contributed by atoms with Gasteiger partial charge in [0.1, 0.15) is 5.54 Å². The average molecular weight is 211 g/mol. The van der Waals surface area contributed by atoms with Gasteiger partial charge in [0, 0.05) is 26.6 Å². The van der Waals surface area contributed by atoms with Crippen molar-refractivity contribution in [1.29, 1.82) is 0 Å². The summed E-state index contributed by atoms with van der Waals surface area (Å²) in [5.74, 6) is -0.189. The second-order valence-electron chi connectivity index (χ2n) is 4.28. The van der Waals surface area contributed by atoms with E-state index < -0.39 is 5.54 Å². The largest absolute Gasteiger partial charge is 0.468 e. The molecule has 2 aliphatic rings. The lowest BCUT2D eigenvalue weighted by Gasteiger charge is -2.32. The summed E-state index contributed by atoms with van der Waals surface area (Å²) in [5, 5.41) is 0. The highest BCUT2D eigenvalue weighted by molar-refractivity contribution is 5.83. The van der Waals surface area contributed by atoms with Gasteiger partial charge < -0.3 is 9.47 Å². The molecule has 0 aromatic carbocycles. The van der Waals surface area contributed by atoms with Crippen molar-refractivity contribution in [2.24, 2.45) is 0 Å². The first-order valence-electron chi connectivity index (χ1n) is 5.18. The van der Waals surface area contributed by atoms with Gasteiger partial charge >= 0.3 is 5.97 Å². The molecule has 0 spiro atoms. The van der Waals surface area contributed by atoms with Crippen molar-refractivity contribution in [2.45, 2.75) is 24.5 Å². The van der Waals surface area contributed by atoms with E-state index in [1.54, 1.807) is 7.11 Å². The standard InChI is InChI=1S/C11H17NO3/c1-8-6-11(10(13)15-3)9(14-2)4-5-12(11)7-8/h9H,1,4-7H2,2-3H3/t9-,11?/m0/s1. The van der Waals surface area contributed by atoms with Gasteiger partial charge in [-0.1, -0.05) is 12.2 Å². The van der Waals surface area contributed by atoms with Crippen LogP contribution in [0.5, 0.6) is 0 Å². The van der Waals surface area contributed by atoms with Gasteiger partial charge in [-0.2, -0.15) is 0 Å². The smallest absolute Gasteiger partial charge is 0.329 e. The molecule has 0 aromatic rings. The normalized spacial score (nSPS) is 35.6. The molecule has 4 heteroatoms. The van der Waals surface area contributed by atoms with Gasteiger partial charge in [-0.3, -0.25) is 4.90 Å². The Balaban J connectivity index is 2.35. The monoisotopic (exact) mass is 211 g/mol. The van der Waals surface area contributed by atoms with Gasteiger partial charge in [-0.25, -0.2) is 4.79 Å². The molecule has 0 bridgehead atoms. The first kappa shape index (κ1) is 10.6. The van der Waals surface area contributed by atoms with Crippen molar-refractivity contribution in [1.82, 2.24) is 4.90 Å². The highest BCUT2D eigenvalue weighted by atomic mass is 16.5. The van der Waals surface area contributed by atoms with Crippen molar-refractivity contribution < 1.29 is 14.3 Å². The minimum absolute atomic E-state index is 0.0656. The lowest BCUT2D eigenvalue weighted by Crippen LogP contribution is -2.53. The average Bonchev–Trinajstić information content (AvgIpc) is 2.71. The van der Waals surface area contributed by atoms with E-state index in [4.69, 9.17) is 9.47 Å². The van der Waals surface area contributed by atoms with Crippen LogP contribution in [0.1, 0.15) is 12.8 Å². The van der Waals surface area contributed by atoms with Crippen molar-refractivity contribution in [2.75, 3.05) is 27.3 Å². The third-order valence-corrected chi connectivity index (χ3v) is 3.52. The van der Waals surface area contributed by atoms with Crippen LogP contribution in [-0.2, 0) is 14.3 Å². The summed E-state index contributed by atoms with van der Waals surface area (Å²) in [6.45, 7) is 5.63. The zero-order chi connectivity index (χ0) is 11.1. The topological polar surface area (TPSA) is 38.8 Å². The van der Waals surface area contributed by atoms with Crippen LogP contribution in [0.3, 0.4) is 0 Å². The predicted octanol–water partition coefficient (Wildman–Crippen LogP) is 0.579. The quantitative estimate of drug-likeness (QED) is 0.494. The Labute approximate surface area is 89.8 Å². The van der Waals surface area contributed by atoms with E-state index in [9.17, 15) is 4.79 Å². The fourth-order valence-corrected chi connectivity index (χ4v) is 2.89. The maximum atomic E-state index is 11.9. The van der Waals surface area contributed by atoms with Gasteiger partial charge in [-0.05, 0) is 6.42 Å². The maximum Gasteiger partial charge on any atom is 0.329 e. The molecule has 15 heavy (non-hydrogen) atoms. The number of esters is 1. The molecule has 2 fully saturated rings. The molecule has 0 amide bonds. The number of nitrogens with zero attached hydrogens (tertiary/aromatic N) is 1. The Kier molecular flexibility index (Phi) is 2.56. The van der Waals surface area contributed by atoms with Crippen LogP contribution in [0.25, 0.3) is 0 Å². The molecule has 2 rings (SSSR count). The maximum absolute atomic E-state index is 11.9. The Hall–Kier alpha value is -0.870. The number of hydrogen-bond acceptors (Lipinski definition) is 4. The number of fused-ring (bicyclic) bond motifs is 1. The summed E-state index contributed by atoms with van der Waals surface area (Å²) in [6, 6.07) is 0. The fraction of sp³-hybridized carbons (Fsp3) is 0.727. The summed E-state index contributed by atoms with van der Waals surface area (Å²) in [5.41, 5.74) is 0.489. The SMILES string of the molecule is C=C1CN2CC[C@H](OC)C2(C(=O)OC)C1. The summed E-state index contributed by atoms with van der Waals surface area (Å²) >= 11 is 0. The van der Waals surface area contributed by atoms with Crippen LogP contribution >= 0.6 is 0 Å². The van der Waals surface area contributed by atoms with E-state index in [1.807, 2.05) is 0 Å². The highest BCUT2D eigenvalue weighted by Crippen LogP contribution is 2.42. The highest BCUT2D eigenvalue weighted by Gasteiger charge is 2.59. The van der Waals surface area contributed by atoms with Crippen LogP contribution in [0, 0.1) is 0 Å².